The van der Waals surface area contributed by atoms with E-state index in [-0.39, 0.29) is 12.3 Å². The molecule has 1 aromatic heterocycles. The number of nitrogens with zero attached hydrogens (tertiary/aromatic N) is 2. The quantitative estimate of drug-likeness (QED) is 0.730. The van der Waals surface area contributed by atoms with Crippen molar-refractivity contribution < 1.29 is 9.47 Å². The molecule has 2 atom stereocenters. The third-order valence-corrected chi connectivity index (χ3v) is 5.01. The molecular formula is C21H19N3O2. The molecule has 5 heteroatoms. The Bertz CT molecular complexity index is 956. The number of hydrogen-bond donors (Lipinski definition) is 1. The molecule has 0 saturated carbocycles. The maximum absolute atomic E-state index is 5.76. The first-order chi connectivity index (χ1) is 12.8. The normalized spacial score (nSPS) is 20.0. The van der Waals surface area contributed by atoms with Crippen molar-refractivity contribution in [2.24, 2.45) is 0 Å². The van der Waals surface area contributed by atoms with Gasteiger partial charge in [0, 0.05) is 11.8 Å². The van der Waals surface area contributed by atoms with Gasteiger partial charge in [-0.2, -0.15) is 0 Å². The highest BCUT2D eigenvalue weighted by molar-refractivity contribution is 5.70. The van der Waals surface area contributed by atoms with Crippen molar-refractivity contribution in [3.05, 3.63) is 71.4 Å². The Labute approximate surface area is 152 Å². The van der Waals surface area contributed by atoms with Gasteiger partial charge in [0.25, 0.3) is 0 Å². The number of aromatic nitrogens is 2. The Morgan fingerprint density at radius 3 is 2.69 bits per heavy atom. The van der Waals surface area contributed by atoms with Crippen molar-refractivity contribution in [1.29, 1.82) is 0 Å². The first-order valence-electron chi connectivity index (χ1n) is 8.82. The molecule has 130 valence electrons. The Morgan fingerprint density at radius 1 is 1.04 bits per heavy atom. The number of methoxy groups -OCH3 is 1. The first kappa shape index (κ1) is 15.3. The van der Waals surface area contributed by atoms with Crippen molar-refractivity contribution >= 4 is 5.95 Å². The van der Waals surface area contributed by atoms with Crippen LogP contribution in [0.1, 0.15) is 22.8 Å². The number of fused-ring (bicyclic) bond motifs is 3. The largest absolute Gasteiger partial charge is 0.497 e. The molecule has 2 aliphatic rings. The predicted octanol–water partition coefficient (Wildman–Crippen LogP) is 3.76. The summed E-state index contributed by atoms with van der Waals surface area (Å²) in [4.78, 5) is 9.25. The molecule has 2 heterocycles. The molecule has 0 bridgehead atoms. The van der Waals surface area contributed by atoms with Crippen LogP contribution in [-0.2, 0) is 17.6 Å². The summed E-state index contributed by atoms with van der Waals surface area (Å²) in [6.45, 7) is 0. The van der Waals surface area contributed by atoms with Crippen molar-refractivity contribution in [1.82, 2.24) is 9.97 Å². The first-order valence-corrected chi connectivity index (χ1v) is 8.82. The lowest BCUT2D eigenvalue weighted by atomic mass is 9.90. The minimum atomic E-state index is -0.0970. The van der Waals surface area contributed by atoms with Crippen LogP contribution in [0, 0.1) is 0 Å². The SMILES string of the molecule is COc1ccc(C2OC2Nc2ncc3c(n2)-c2ccccc2CC3)cc1. The minimum absolute atomic E-state index is 0.0211. The van der Waals surface area contributed by atoms with Gasteiger partial charge in [0.15, 0.2) is 6.23 Å². The Balaban J connectivity index is 1.35. The summed E-state index contributed by atoms with van der Waals surface area (Å²) >= 11 is 0. The summed E-state index contributed by atoms with van der Waals surface area (Å²) in [5, 5.41) is 3.30. The topological polar surface area (TPSA) is 59.6 Å². The second-order valence-corrected chi connectivity index (χ2v) is 6.62. The van der Waals surface area contributed by atoms with Crippen LogP contribution in [0.4, 0.5) is 5.95 Å². The molecule has 5 nitrogen and oxygen atoms in total. The fraction of sp³-hybridized carbons (Fsp3) is 0.238. The van der Waals surface area contributed by atoms with Crippen LogP contribution < -0.4 is 10.1 Å². The zero-order valence-electron chi connectivity index (χ0n) is 14.5. The van der Waals surface area contributed by atoms with Crippen LogP contribution in [0.25, 0.3) is 11.3 Å². The molecule has 2 aromatic carbocycles. The summed E-state index contributed by atoms with van der Waals surface area (Å²) in [5.41, 5.74) is 5.92. The number of benzene rings is 2. The number of anilines is 1. The standard InChI is InChI=1S/C21H19N3O2/c1-25-16-10-8-14(9-11-16)19-20(26-19)24-21-22-12-15-7-6-13-4-2-3-5-17(13)18(15)23-21/h2-5,8-12,19-20H,6-7H2,1H3,(H,22,23,24). The van der Waals surface area contributed by atoms with Gasteiger partial charge < -0.3 is 14.8 Å². The summed E-state index contributed by atoms with van der Waals surface area (Å²) in [7, 11) is 1.67. The monoisotopic (exact) mass is 345 g/mol. The maximum Gasteiger partial charge on any atom is 0.225 e. The highest BCUT2D eigenvalue weighted by Gasteiger charge is 2.41. The zero-order valence-corrected chi connectivity index (χ0v) is 14.5. The van der Waals surface area contributed by atoms with E-state index in [0.29, 0.717) is 5.95 Å². The van der Waals surface area contributed by atoms with E-state index >= 15 is 0 Å². The summed E-state index contributed by atoms with van der Waals surface area (Å²) in [6, 6.07) is 16.4. The summed E-state index contributed by atoms with van der Waals surface area (Å²) < 4.78 is 11.0. The predicted molar refractivity (Wildman–Crippen MR) is 99.1 cm³/mol. The number of rotatable bonds is 4. The average molecular weight is 345 g/mol. The second kappa shape index (κ2) is 6.11. The molecule has 3 aromatic rings. The molecule has 2 unspecified atom stereocenters. The molecule has 0 amide bonds. The third-order valence-electron chi connectivity index (χ3n) is 5.01. The minimum Gasteiger partial charge on any atom is -0.497 e. The summed E-state index contributed by atoms with van der Waals surface area (Å²) in [6.07, 6.45) is 3.89. The van der Waals surface area contributed by atoms with Crippen LogP contribution in [-0.4, -0.2) is 23.3 Å². The van der Waals surface area contributed by atoms with Gasteiger partial charge in [-0.15, -0.1) is 0 Å². The van der Waals surface area contributed by atoms with Crippen LogP contribution in [0.5, 0.6) is 5.75 Å². The summed E-state index contributed by atoms with van der Waals surface area (Å²) in [5.74, 6) is 1.46. The van der Waals surface area contributed by atoms with Gasteiger partial charge in [-0.25, -0.2) is 9.97 Å². The molecule has 1 N–H and O–H groups in total. The van der Waals surface area contributed by atoms with Gasteiger partial charge in [-0.1, -0.05) is 36.4 Å². The van der Waals surface area contributed by atoms with Crippen LogP contribution in [0.2, 0.25) is 0 Å². The van der Waals surface area contributed by atoms with Crippen LogP contribution in [0.15, 0.2) is 54.7 Å². The van der Waals surface area contributed by atoms with E-state index in [0.717, 1.165) is 29.8 Å². The van der Waals surface area contributed by atoms with E-state index < -0.39 is 0 Å². The lowest BCUT2D eigenvalue weighted by molar-refractivity contribution is 0.385. The van der Waals surface area contributed by atoms with E-state index in [1.165, 1.54) is 16.7 Å². The fourth-order valence-corrected chi connectivity index (χ4v) is 3.53. The van der Waals surface area contributed by atoms with Gasteiger partial charge in [0.1, 0.15) is 11.9 Å². The number of ether oxygens (including phenoxy) is 2. The molecule has 1 fully saturated rings. The molecule has 1 aliphatic carbocycles. The zero-order chi connectivity index (χ0) is 17.5. The van der Waals surface area contributed by atoms with Gasteiger partial charge in [0.2, 0.25) is 5.95 Å². The van der Waals surface area contributed by atoms with Gasteiger partial charge in [0.05, 0.1) is 12.8 Å². The van der Waals surface area contributed by atoms with Gasteiger partial charge >= 0.3 is 0 Å². The van der Waals surface area contributed by atoms with E-state index in [2.05, 4.69) is 34.6 Å². The molecular weight excluding hydrogens is 326 g/mol. The van der Waals surface area contributed by atoms with Crippen molar-refractivity contribution in [3.63, 3.8) is 0 Å². The second-order valence-electron chi connectivity index (χ2n) is 6.62. The number of epoxide rings is 1. The van der Waals surface area contributed by atoms with E-state index in [1.807, 2.05) is 30.5 Å². The Hall–Kier alpha value is -2.92. The third kappa shape index (κ3) is 2.70. The smallest absolute Gasteiger partial charge is 0.225 e. The van der Waals surface area contributed by atoms with Gasteiger partial charge in [-0.05, 0) is 41.7 Å². The Morgan fingerprint density at radius 2 is 1.85 bits per heavy atom. The van der Waals surface area contributed by atoms with Crippen molar-refractivity contribution in [2.45, 2.75) is 25.2 Å². The van der Waals surface area contributed by atoms with Crippen LogP contribution in [0.3, 0.4) is 0 Å². The van der Waals surface area contributed by atoms with E-state index in [4.69, 9.17) is 14.5 Å². The maximum atomic E-state index is 5.76. The average Bonchev–Trinajstić information content (AvgIpc) is 3.47. The fourth-order valence-electron chi connectivity index (χ4n) is 3.53. The molecule has 1 aliphatic heterocycles. The number of nitrogens with one attached hydrogen (secondary N) is 1. The molecule has 0 spiro atoms. The molecule has 5 rings (SSSR count). The van der Waals surface area contributed by atoms with Crippen molar-refractivity contribution in [3.8, 4) is 17.0 Å². The Kier molecular flexibility index (Phi) is 3.60. The van der Waals surface area contributed by atoms with Crippen molar-refractivity contribution in [2.75, 3.05) is 12.4 Å². The van der Waals surface area contributed by atoms with Crippen LogP contribution >= 0.6 is 0 Å². The van der Waals surface area contributed by atoms with E-state index in [9.17, 15) is 0 Å². The lowest BCUT2D eigenvalue weighted by Gasteiger charge is -2.18. The number of hydrogen-bond acceptors (Lipinski definition) is 5. The highest BCUT2D eigenvalue weighted by Crippen LogP contribution is 2.39. The lowest BCUT2D eigenvalue weighted by Crippen LogP contribution is -2.12. The highest BCUT2D eigenvalue weighted by atomic mass is 16.6. The van der Waals surface area contributed by atoms with E-state index in [1.54, 1.807) is 7.11 Å². The molecule has 0 radical (unpaired) electrons. The molecule has 26 heavy (non-hydrogen) atoms. The van der Waals surface area contributed by atoms with Gasteiger partial charge in [-0.3, -0.25) is 0 Å². The molecule has 1 saturated heterocycles. The number of aryl methyl sites for hydroxylation is 2.